The second kappa shape index (κ2) is 8.90. The van der Waals surface area contributed by atoms with E-state index in [1.165, 1.54) is 6.26 Å². The van der Waals surface area contributed by atoms with Crippen LogP contribution >= 0.6 is 0 Å². The first kappa shape index (κ1) is 19.2. The van der Waals surface area contributed by atoms with Crippen LogP contribution in [0.1, 0.15) is 28.6 Å². The van der Waals surface area contributed by atoms with Gasteiger partial charge in [-0.1, -0.05) is 29.8 Å². The number of nitrogens with one attached hydrogen (secondary N) is 2. The predicted molar refractivity (Wildman–Crippen MR) is 106 cm³/mol. The van der Waals surface area contributed by atoms with Crippen molar-refractivity contribution >= 4 is 17.5 Å². The highest BCUT2D eigenvalue weighted by atomic mass is 16.5. The van der Waals surface area contributed by atoms with Crippen molar-refractivity contribution in [3.63, 3.8) is 0 Å². The van der Waals surface area contributed by atoms with Gasteiger partial charge in [-0.05, 0) is 55.8 Å². The molecule has 0 spiro atoms. The first-order chi connectivity index (χ1) is 13.5. The summed E-state index contributed by atoms with van der Waals surface area (Å²) in [5.74, 6) is 0.341. The molecule has 144 valence electrons. The van der Waals surface area contributed by atoms with Gasteiger partial charge in [-0.2, -0.15) is 0 Å². The van der Waals surface area contributed by atoms with E-state index in [1.807, 2.05) is 43.3 Å². The molecule has 0 aliphatic heterocycles. The molecule has 28 heavy (non-hydrogen) atoms. The Bertz CT molecular complexity index is 933. The molecule has 0 aliphatic carbocycles. The van der Waals surface area contributed by atoms with Crippen molar-refractivity contribution in [2.24, 2.45) is 0 Å². The Balaban J connectivity index is 1.53. The minimum Gasteiger partial charge on any atom is -0.481 e. The van der Waals surface area contributed by atoms with Crippen molar-refractivity contribution < 1.29 is 18.7 Å². The molecule has 3 rings (SSSR count). The van der Waals surface area contributed by atoms with Crippen LogP contribution in [0.15, 0.2) is 71.3 Å². The number of benzene rings is 2. The Hall–Kier alpha value is -3.54. The van der Waals surface area contributed by atoms with Crippen LogP contribution < -0.4 is 15.4 Å². The van der Waals surface area contributed by atoms with E-state index in [4.69, 9.17) is 9.15 Å². The third-order valence-corrected chi connectivity index (χ3v) is 4.10. The highest BCUT2D eigenvalue weighted by Crippen LogP contribution is 2.15. The molecule has 3 aromatic rings. The van der Waals surface area contributed by atoms with Gasteiger partial charge in [-0.25, -0.2) is 0 Å². The van der Waals surface area contributed by atoms with Gasteiger partial charge in [-0.15, -0.1) is 0 Å². The Kier molecular flexibility index (Phi) is 6.11. The van der Waals surface area contributed by atoms with Crippen molar-refractivity contribution in [2.45, 2.75) is 26.5 Å². The Morgan fingerprint density at radius 1 is 1.07 bits per heavy atom. The lowest BCUT2D eigenvalue weighted by Gasteiger charge is -2.15. The van der Waals surface area contributed by atoms with E-state index in [9.17, 15) is 9.59 Å². The number of amides is 2. The molecule has 6 heteroatoms. The maximum Gasteiger partial charge on any atom is 0.291 e. The number of hydrogen-bond donors (Lipinski definition) is 2. The molecule has 2 amide bonds. The maximum atomic E-state index is 12.3. The van der Waals surface area contributed by atoms with Gasteiger partial charge in [0.1, 0.15) is 5.75 Å². The summed E-state index contributed by atoms with van der Waals surface area (Å²) >= 11 is 0. The minimum absolute atomic E-state index is 0.217. The van der Waals surface area contributed by atoms with Crippen molar-refractivity contribution in [3.8, 4) is 5.75 Å². The third-order valence-electron chi connectivity index (χ3n) is 4.10. The Morgan fingerprint density at radius 3 is 2.57 bits per heavy atom. The number of aryl methyl sites for hydroxylation is 1. The van der Waals surface area contributed by atoms with E-state index in [0.717, 1.165) is 11.1 Å². The molecule has 2 N–H and O–H groups in total. The van der Waals surface area contributed by atoms with Gasteiger partial charge in [0.25, 0.3) is 11.8 Å². The van der Waals surface area contributed by atoms with Gasteiger partial charge in [0.15, 0.2) is 11.9 Å². The highest BCUT2D eigenvalue weighted by Gasteiger charge is 2.14. The summed E-state index contributed by atoms with van der Waals surface area (Å²) < 4.78 is 10.7. The van der Waals surface area contributed by atoms with E-state index in [0.29, 0.717) is 18.0 Å². The van der Waals surface area contributed by atoms with Gasteiger partial charge in [0.2, 0.25) is 0 Å². The number of anilines is 1. The van der Waals surface area contributed by atoms with Gasteiger partial charge in [0.05, 0.1) is 6.26 Å². The lowest BCUT2D eigenvalue weighted by molar-refractivity contribution is -0.127. The van der Waals surface area contributed by atoms with Crippen molar-refractivity contribution in [3.05, 3.63) is 83.8 Å². The second-order valence-corrected chi connectivity index (χ2v) is 6.42. The zero-order valence-electron chi connectivity index (χ0n) is 15.8. The SMILES string of the molecule is Cc1ccc(OC(C)C(=O)NCc2cccc(NC(=O)c3ccco3)c2)cc1. The normalized spacial score (nSPS) is 11.5. The minimum atomic E-state index is -0.621. The summed E-state index contributed by atoms with van der Waals surface area (Å²) in [5, 5.41) is 5.61. The van der Waals surface area contributed by atoms with Crippen LogP contribution in [0.25, 0.3) is 0 Å². The Morgan fingerprint density at radius 2 is 1.86 bits per heavy atom. The number of hydrogen-bond acceptors (Lipinski definition) is 4. The molecule has 1 aromatic heterocycles. The van der Waals surface area contributed by atoms with Crippen LogP contribution in [-0.4, -0.2) is 17.9 Å². The lowest BCUT2D eigenvalue weighted by Crippen LogP contribution is -2.35. The smallest absolute Gasteiger partial charge is 0.291 e. The largest absolute Gasteiger partial charge is 0.481 e. The fraction of sp³-hybridized carbons (Fsp3) is 0.182. The highest BCUT2D eigenvalue weighted by molar-refractivity contribution is 6.02. The fourth-order valence-electron chi connectivity index (χ4n) is 2.57. The quantitative estimate of drug-likeness (QED) is 0.653. The summed E-state index contributed by atoms with van der Waals surface area (Å²) in [6.07, 6.45) is 0.824. The molecule has 1 unspecified atom stereocenters. The first-order valence-corrected chi connectivity index (χ1v) is 8.96. The molecule has 0 radical (unpaired) electrons. The summed E-state index contributed by atoms with van der Waals surface area (Å²) in [6.45, 7) is 4.02. The molecule has 2 aromatic carbocycles. The number of ether oxygens (including phenoxy) is 1. The molecule has 0 aliphatic rings. The molecule has 0 saturated heterocycles. The molecule has 0 fully saturated rings. The summed E-state index contributed by atoms with van der Waals surface area (Å²) in [7, 11) is 0. The van der Waals surface area contributed by atoms with Crippen molar-refractivity contribution in [1.29, 1.82) is 0 Å². The van der Waals surface area contributed by atoms with Gasteiger partial charge in [0, 0.05) is 12.2 Å². The molecular formula is C22H22N2O4. The molecular weight excluding hydrogens is 356 g/mol. The number of carbonyl (C=O) groups is 2. The zero-order chi connectivity index (χ0) is 19.9. The predicted octanol–water partition coefficient (Wildman–Crippen LogP) is 3.92. The third kappa shape index (κ3) is 5.23. The molecule has 0 saturated carbocycles. The van der Waals surface area contributed by atoms with Crippen molar-refractivity contribution in [1.82, 2.24) is 5.32 Å². The van der Waals surface area contributed by atoms with E-state index < -0.39 is 6.10 Å². The summed E-state index contributed by atoms with van der Waals surface area (Å²) in [4.78, 5) is 24.3. The standard InChI is InChI=1S/C22H22N2O4/c1-15-8-10-19(11-9-15)28-16(2)21(25)23-14-17-5-3-6-18(13-17)24-22(26)20-7-4-12-27-20/h3-13,16H,14H2,1-2H3,(H,23,25)(H,24,26). The molecule has 6 nitrogen and oxygen atoms in total. The second-order valence-electron chi connectivity index (χ2n) is 6.42. The van der Waals surface area contributed by atoms with Crippen LogP contribution in [0.5, 0.6) is 5.75 Å². The molecule has 1 atom stereocenters. The summed E-state index contributed by atoms with van der Waals surface area (Å²) in [6, 6.07) is 18.0. The van der Waals surface area contributed by atoms with Crippen LogP contribution in [-0.2, 0) is 11.3 Å². The van der Waals surface area contributed by atoms with Crippen LogP contribution in [0.4, 0.5) is 5.69 Å². The fourth-order valence-corrected chi connectivity index (χ4v) is 2.57. The zero-order valence-corrected chi connectivity index (χ0v) is 15.8. The average Bonchev–Trinajstić information content (AvgIpc) is 3.23. The van der Waals surface area contributed by atoms with E-state index >= 15 is 0 Å². The number of rotatable bonds is 7. The molecule has 1 heterocycles. The number of furan rings is 1. The maximum absolute atomic E-state index is 12.3. The van der Waals surface area contributed by atoms with E-state index in [1.54, 1.807) is 31.2 Å². The van der Waals surface area contributed by atoms with E-state index in [2.05, 4.69) is 10.6 Å². The van der Waals surface area contributed by atoms with Crippen LogP contribution in [0.2, 0.25) is 0 Å². The lowest BCUT2D eigenvalue weighted by atomic mass is 10.2. The van der Waals surface area contributed by atoms with Gasteiger partial charge >= 0.3 is 0 Å². The topological polar surface area (TPSA) is 80.6 Å². The van der Waals surface area contributed by atoms with Crippen molar-refractivity contribution in [2.75, 3.05) is 5.32 Å². The van der Waals surface area contributed by atoms with E-state index in [-0.39, 0.29) is 17.6 Å². The van der Waals surface area contributed by atoms with Crippen LogP contribution in [0, 0.1) is 6.92 Å². The molecule has 0 bridgehead atoms. The van der Waals surface area contributed by atoms with Gasteiger partial charge < -0.3 is 19.8 Å². The van der Waals surface area contributed by atoms with Gasteiger partial charge in [-0.3, -0.25) is 9.59 Å². The number of carbonyl (C=O) groups excluding carboxylic acids is 2. The monoisotopic (exact) mass is 378 g/mol. The van der Waals surface area contributed by atoms with Crippen LogP contribution in [0.3, 0.4) is 0 Å². The summed E-state index contributed by atoms with van der Waals surface area (Å²) in [5.41, 5.74) is 2.61. The Labute approximate surface area is 163 Å². The first-order valence-electron chi connectivity index (χ1n) is 8.96. The average molecular weight is 378 g/mol.